The summed E-state index contributed by atoms with van der Waals surface area (Å²) in [4.78, 5) is 9.69. The number of hydrogen-bond acceptors (Lipinski definition) is 2. The topological polar surface area (TPSA) is 43.1 Å². The van der Waals surface area contributed by atoms with Crippen LogP contribution in [-0.4, -0.2) is 20.9 Å². The molecule has 0 fully saturated rings. The molecule has 2 radical (unpaired) electrons. The van der Waals surface area contributed by atoms with Crippen LogP contribution in [0.5, 0.6) is 0 Å². The van der Waals surface area contributed by atoms with Crippen LogP contribution in [0.2, 0.25) is 0 Å². The zero-order valence-corrected chi connectivity index (χ0v) is 6.69. The van der Waals surface area contributed by atoms with Gasteiger partial charge in [0, 0.05) is 0 Å². The van der Waals surface area contributed by atoms with Gasteiger partial charge in [-0.3, -0.25) is 0 Å². The predicted molar refractivity (Wildman–Crippen MR) is 38.5 cm³/mol. The van der Waals surface area contributed by atoms with Crippen LogP contribution in [0.25, 0.3) is 0 Å². The number of non-ortho nitro benzene ring substituents is 1. The van der Waals surface area contributed by atoms with Crippen molar-refractivity contribution < 1.29 is 4.92 Å². The molecule has 0 unspecified atom stereocenters. The Labute approximate surface area is 66.0 Å². The van der Waals surface area contributed by atoms with Crippen LogP contribution < -0.4 is 4.46 Å². The minimum absolute atomic E-state index is 0.124. The van der Waals surface area contributed by atoms with E-state index in [0.717, 1.165) is 4.46 Å². The average molecular weight is 201 g/mol. The molecule has 0 aliphatic carbocycles. The molecule has 0 aliphatic heterocycles. The van der Waals surface area contributed by atoms with Crippen molar-refractivity contribution in [2.45, 2.75) is 0 Å². The predicted octanol–water partition coefficient (Wildman–Crippen LogP) is 0.389. The van der Waals surface area contributed by atoms with Gasteiger partial charge in [-0.1, -0.05) is 0 Å². The summed E-state index contributed by atoms with van der Waals surface area (Å²) in [6, 6.07) is 6.26. The Balaban J connectivity index is 3.00. The number of nitrogens with zero attached hydrogens (tertiary/aromatic N) is 1. The summed E-state index contributed by atoms with van der Waals surface area (Å²) < 4.78 is 0.908. The molecule has 0 bridgehead atoms. The second-order valence-electron chi connectivity index (χ2n) is 1.75. The first kappa shape index (κ1) is 7.25. The van der Waals surface area contributed by atoms with Crippen LogP contribution in [0.15, 0.2) is 24.3 Å². The van der Waals surface area contributed by atoms with Crippen LogP contribution in [0, 0.1) is 10.1 Å². The molecule has 0 amide bonds. The number of rotatable bonds is 1. The molecule has 10 heavy (non-hydrogen) atoms. The number of benzene rings is 1. The van der Waals surface area contributed by atoms with Gasteiger partial charge in [0.1, 0.15) is 0 Å². The zero-order chi connectivity index (χ0) is 7.56. The summed E-state index contributed by atoms with van der Waals surface area (Å²) in [6.07, 6.45) is 0. The summed E-state index contributed by atoms with van der Waals surface area (Å²) in [5.74, 6) is 0. The third kappa shape index (κ3) is 1.56. The van der Waals surface area contributed by atoms with Crippen molar-refractivity contribution in [3.05, 3.63) is 34.4 Å². The third-order valence-corrected chi connectivity index (χ3v) is 1.62. The van der Waals surface area contributed by atoms with Crippen molar-refractivity contribution >= 4 is 26.2 Å². The van der Waals surface area contributed by atoms with Gasteiger partial charge in [-0.25, -0.2) is 0 Å². The molecule has 0 aliphatic rings. The van der Waals surface area contributed by atoms with E-state index in [-0.39, 0.29) is 5.69 Å². The number of hydrogen-bond donors (Lipinski definition) is 0. The van der Waals surface area contributed by atoms with E-state index in [2.05, 4.69) is 16.0 Å². The molecule has 0 atom stereocenters. The SMILES string of the molecule is O=[N+]([O-])c1ccc([Se+])cc1. The Hall–Kier alpha value is -0.861. The summed E-state index contributed by atoms with van der Waals surface area (Å²) in [5, 5.41) is 10.1. The second-order valence-corrected chi connectivity index (χ2v) is 2.74. The maximum absolute atomic E-state index is 10.1. The van der Waals surface area contributed by atoms with E-state index in [9.17, 15) is 10.1 Å². The molecule has 0 spiro atoms. The Kier molecular flexibility index (Phi) is 2.04. The first-order valence-electron chi connectivity index (χ1n) is 2.61. The van der Waals surface area contributed by atoms with Crippen LogP contribution in [0.3, 0.4) is 0 Å². The second kappa shape index (κ2) is 2.82. The van der Waals surface area contributed by atoms with E-state index in [4.69, 9.17) is 0 Å². The average Bonchev–Trinajstić information content (AvgIpc) is 1.88. The van der Waals surface area contributed by atoms with E-state index in [1.54, 1.807) is 12.1 Å². The standard InChI is InChI=1S/C6H4NO2Se/c8-7(9)5-1-3-6(10)4-2-5/h1-4H/q+1. The fraction of sp³-hybridized carbons (Fsp3) is 0. The molecule has 0 saturated carbocycles. The molecule has 1 aromatic carbocycles. The van der Waals surface area contributed by atoms with Gasteiger partial charge >= 0.3 is 65.5 Å². The van der Waals surface area contributed by atoms with Crippen LogP contribution in [-0.2, 0) is 0 Å². The van der Waals surface area contributed by atoms with Gasteiger partial charge in [0.2, 0.25) is 0 Å². The van der Waals surface area contributed by atoms with Crippen LogP contribution in [0.4, 0.5) is 5.69 Å². The van der Waals surface area contributed by atoms with Gasteiger partial charge in [-0.15, -0.1) is 0 Å². The molecule has 0 saturated heterocycles. The quantitative estimate of drug-likeness (QED) is 0.374. The summed E-state index contributed by atoms with van der Waals surface area (Å²) >= 11 is 2.75. The van der Waals surface area contributed by atoms with Gasteiger partial charge in [-0.2, -0.15) is 0 Å². The van der Waals surface area contributed by atoms with Crippen molar-refractivity contribution in [3.8, 4) is 0 Å². The van der Waals surface area contributed by atoms with Crippen molar-refractivity contribution in [2.75, 3.05) is 0 Å². The molecule has 0 N–H and O–H groups in total. The van der Waals surface area contributed by atoms with E-state index < -0.39 is 4.92 Å². The molecule has 1 rings (SSSR count). The van der Waals surface area contributed by atoms with E-state index in [0.29, 0.717) is 0 Å². The van der Waals surface area contributed by atoms with Crippen molar-refractivity contribution in [1.82, 2.24) is 0 Å². The van der Waals surface area contributed by atoms with Gasteiger partial charge < -0.3 is 0 Å². The molecule has 3 nitrogen and oxygen atoms in total. The van der Waals surface area contributed by atoms with Gasteiger partial charge in [0.05, 0.1) is 0 Å². The number of nitro groups is 1. The van der Waals surface area contributed by atoms with Crippen LogP contribution in [0.1, 0.15) is 0 Å². The summed E-state index contributed by atoms with van der Waals surface area (Å²) in [7, 11) is 0. The van der Waals surface area contributed by atoms with Crippen molar-refractivity contribution in [1.29, 1.82) is 0 Å². The Morgan fingerprint density at radius 1 is 1.30 bits per heavy atom. The fourth-order valence-corrected chi connectivity index (χ4v) is 0.853. The monoisotopic (exact) mass is 202 g/mol. The molecule has 1 aromatic rings. The Morgan fingerprint density at radius 3 is 2.20 bits per heavy atom. The molecular weight excluding hydrogens is 197 g/mol. The minimum atomic E-state index is -0.417. The van der Waals surface area contributed by atoms with Gasteiger partial charge in [-0.05, 0) is 0 Å². The molecule has 0 aromatic heterocycles. The van der Waals surface area contributed by atoms with E-state index in [1.807, 2.05) is 0 Å². The normalized spacial score (nSPS) is 9.20. The third-order valence-electron chi connectivity index (χ3n) is 1.05. The number of nitro benzene ring substituents is 1. The fourth-order valence-electron chi connectivity index (χ4n) is 0.568. The Bertz CT molecular complexity index is 244. The van der Waals surface area contributed by atoms with Gasteiger partial charge in [0.25, 0.3) is 0 Å². The summed E-state index contributed by atoms with van der Waals surface area (Å²) in [5.41, 5.74) is 0.124. The molecular formula is C6H4NO2Se+. The molecule has 50 valence electrons. The first-order valence-corrected chi connectivity index (χ1v) is 3.47. The van der Waals surface area contributed by atoms with Crippen molar-refractivity contribution in [2.24, 2.45) is 0 Å². The summed E-state index contributed by atoms with van der Waals surface area (Å²) in [6.45, 7) is 0. The van der Waals surface area contributed by atoms with Crippen molar-refractivity contribution in [3.63, 3.8) is 0 Å². The zero-order valence-electron chi connectivity index (χ0n) is 4.98. The first-order chi connectivity index (χ1) is 4.70. The van der Waals surface area contributed by atoms with E-state index >= 15 is 0 Å². The molecule has 0 heterocycles. The van der Waals surface area contributed by atoms with E-state index in [1.165, 1.54) is 12.1 Å². The maximum atomic E-state index is 10.1. The Morgan fingerprint density at radius 2 is 1.80 bits per heavy atom. The molecule has 4 heteroatoms. The van der Waals surface area contributed by atoms with Crippen LogP contribution >= 0.6 is 0 Å². The van der Waals surface area contributed by atoms with Gasteiger partial charge in [0.15, 0.2) is 0 Å².